The fraction of sp³-hybridized carbons (Fsp3) is 0.143. The van der Waals surface area contributed by atoms with Gasteiger partial charge in [0.05, 0.1) is 11.8 Å². The summed E-state index contributed by atoms with van der Waals surface area (Å²) in [5.74, 6) is 0.981. The molecule has 0 aliphatic carbocycles. The Bertz CT molecular complexity index is 357. The van der Waals surface area contributed by atoms with E-state index in [4.69, 9.17) is 10.2 Å². The van der Waals surface area contributed by atoms with Crippen LogP contribution in [0.25, 0.3) is 11.4 Å². The van der Waals surface area contributed by atoms with Crippen LogP contribution in [-0.4, -0.2) is 14.8 Å². The van der Waals surface area contributed by atoms with Gasteiger partial charge in [-0.15, -0.1) is 5.10 Å². The average molecular weight is 164 g/mol. The zero-order valence-electron chi connectivity index (χ0n) is 6.56. The van der Waals surface area contributed by atoms with Crippen molar-refractivity contribution >= 4 is 5.95 Å². The Balaban J connectivity index is 2.48. The largest absolute Gasteiger partial charge is 0.472 e. The summed E-state index contributed by atoms with van der Waals surface area (Å²) in [4.78, 5) is 4.02. The number of anilines is 1. The maximum absolute atomic E-state index is 5.51. The zero-order chi connectivity index (χ0) is 8.55. The molecule has 0 bridgehead atoms. The second-order valence-electron chi connectivity index (χ2n) is 2.43. The molecule has 0 saturated heterocycles. The Morgan fingerprint density at radius 3 is 2.92 bits per heavy atom. The molecule has 0 unspecified atom stereocenters. The lowest BCUT2D eigenvalue weighted by molar-refractivity contribution is 0.568. The highest BCUT2D eigenvalue weighted by molar-refractivity contribution is 5.53. The van der Waals surface area contributed by atoms with Crippen molar-refractivity contribution in [2.24, 2.45) is 7.05 Å². The van der Waals surface area contributed by atoms with Crippen LogP contribution in [0.4, 0.5) is 5.95 Å². The zero-order valence-corrected chi connectivity index (χ0v) is 6.56. The van der Waals surface area contributed by atoms with Crippen LogP contribution in [0.15, 0.2) is 23.0 Å². The van der Waals surface area contributed by atoms with Crippen LogP contribution in [0.1, 0.15) is 0 Å². The Morgan fingerprint density at radius 2 is 2.42 bits per heavy atom. The van der Waals surface area contributed by atoms with Gasteiger partial charge in [-0.1, -0.05) is 0 Å². The number of nitrogens with two attached hydrogens (primary N) is 1. The van der Waals surface area contributed by atoms with E-state index >= 15 is 0 Å². The molecule has 2 aromatic rings. The highest BCUT2D eigenvalue weighted by Gasteiger charge is 2.06. The minimum absolute atomic E-state index is 0.395. The van der Waals surface area contributed by atoms with Crippen molar-refractivity contribution in [2.45, 2.75) is 0 Å². The number of nitrogen functional groups attached to an aromatic ring is 1. The molecule has 62 valence electrons. The fourth-order valence-electron chi connectivity index (χ4n) is 0.911. The van der Waals surface area contributed by atoms with E-state index in [0.29, 0.717) is 11.8 Å². The minimum atomic E-state index is 0.395. The molecule has 5 nitrogen and oxygen atoms in total. The Kier molecular flexibility index (Phi) is 1.36. The van der Waals surface area contributed by atoms with E-state index in [-0.39, 0.29) is 0 Å². The van der Waals surface area contributed by atoms with Gasteiger partial charge in [-0.25, -0.2) is 4.68 Å². The number of rotatable bonds is 1. The summed E-state index contributed by atoms with van der Waals surface area (Å²) in [7, 11) is 1.74. The molecule has 0 spiro atoms. The molecule has 0 aliphatic heterocycles. The number of aryl methyl sites for hydroxylation is 1. The Morgan fingerprint density at radius 1 is 1.58 bits per heavy atom. The van der Waals surface area contributed by atoms with Crippen molar-refractivity contribution in [1.29, 1.82) is 0 Å². The van der Waals surface area contributed by atoms with Crippen molar-refractivity contribution < 1.29 is 4.42 Å². The van der Waals surface area contributed by atoms with Crippen molar-refractivity contribution in [1.82, 2.24) is 14.8 Å². The molecule has 0 saturated carbocycles. The van der Waals surface area contributed by atoms with Gasteiger partial charge in [0.25, 0.3) is 0 Å². The first-order valence-electron chi connectivity index (χ1n) is 3.46. The van der Waals surface area contributed by atoms with Gasteiger partial charge >= 0.3 is 0 Å². The lowest BCUT2D eigenvalue weighted by Gasteiger charge is -1.85. The second-order valence-corrected chi connectivity index (χ2v) is 2.43. The van der Waals surface area contributed by atoms with Crippen LogP contribution in [0.5, 0.6) is 0 Å². The van der Waals surface area contributed by atoms with Crippen LogP contribution in [-0.2, 0) is 7.05 Å². The van der Waals surface area contributed by atoms with E-state index in [0.717, 1.165) is 5.56 Å². The first kappa shape index (κ1) is 6.90. The first-order valence-corrected chi connectivity index (χ1v) is 3.46. The topological polar surface area (TPSA) is 69.9 Å². The van der Waals surface area contributed by atoms with Gasteiger partial charge in [0, 0.05) is 7.05 Å². The first-order chi connectivity index (χ1) is 5.77. The smallest absolute Gasteiger partial charge is 0.218 e. The monoisotopic (exact) mass is 164 g/mol. The quantitative estimate of drug-likeness (QED) is 0.672. The van der Waals surface area contributed by atoms with E-state index in [1.807, 2.05) is 0 Å². The maximum atomic E-state index is 5.51. The van der Waals surface area contributed by atoms with Crippen molar-refractivity contribution in [3.05, 3.63) is 18.6 Å². The minimum Gasteiger partial charge on any atom is -0.472 e. The molecule has 0 aliphatic rings. The number of hydrogen-bond acceptors (Lipinski definition) is 4. The molecular weight excluding hydrogens is 156 g/mol. The number of hydrogen-bond donors (Lipinski definition) is 1. The summed E-state index contributed by atoms with van der Waals surface area (Å²) in [6.45, 7) is 0. The maximum Gasteiger partial charge on any atom is 0.218 e. The van der Waals surface area contributed by atoms with Gasteiger partial charge in [0.2, 0.25) is 5.95 Å². The summed E-state index contributed by atoms with van der Waals surface area (Å²) in [6.07, 6.45) is 3.15. The normalized spacial score (nSPS) is 10.4. The standard InChI is InChI=1S/C7H8N4O/c1-11-7(8)9-6(10-11)5-2-3-12-4-5/h2-4H,1H3,(H2,8,9,10). The summed E-state index contributed by atoms with van der Waals surface area (Å²) in [5, 5.41) is 4.07. The molecule has 2 aromatic heterocycles. The summed E-state index contributed by atoms with van der Waals surface area (Å²) >= 11 is 0. The van der Waals surface area contributed by atoms with Gasteiger partial charge in [0.1, 0.15) is 6.26 Å². The molecule has 5 heteroatoms. The highest BCUT2D eigenvalue weighted by Crippen LogP contribution is 2.15. The summed E-state index contributed by atoms with van der Waals surface area (Å²) in [5.41, 5.74) is 6.34. The van der Waals surface area contributed by atoms with Gasteiger partial charge in [-0.05, 0) is 6.07 Å². The van der Waals surface area contributed by atoms with Crippen LogP contribution < -0.4 is 5.73 Å². The molecule has 0 amide bonds. The molecule has 2 heterocycles. The van der Waals surface area contributed by atoms with Crippen LogP contribution >= 0.6 is 0 Å². The molecule has 0 atom stereocenters. The predicted octanol–water partition coefficient (Wildman–Crippen LogP) is 0.657. The molecule has 0 radical (unpaired) electrons. The summed E-state index contributed by atoms with van der Waals surface area (Å²) < 4.78 is 6.40. The van der Waals surface area contributed by atoms with Gasteiger partial charge < -0.3 is 10.2 Å². The van der Waals surface area contributed by atoms with Gasteiger partial charge in [0.15, 0.2) is 5.82 Å². The van der Waals surface area contributed by atoms with E-state index in [2.05, 4.69) is 10.1 Å². The highest BCUT2D eigenvalue weighted by atomic mass is 16.3. The Hall–Kier alpha value is -1.78. The van der Waals surface area contributed by atoms with Crippen LogP contribution in [0, 0.1) is 0 Å². The van der Waals surface area contributed by atoms with E-state index in [1.165, 1.54) is 4.68 Å². The van der Waals surface area contributed by atoms with E-state index in [9.17, 15) is 0 Å². The molecule has 0 aromatic carbocycles. The van der Waals surface area contributed by atoms with Crippen molar-refractivity contribution in [3.8, 4) is 11.4 Å². The number of furan rings is 1. The van der Waals surface area contributed by atoms with Crippen LogP contribution in [0.3, 0.4) is 0 Å². The Labute approximate surface area is 68.8 Å². The lowest BCUT2D eigenvalue weighted by atomic mass is 10.3. The van der Waals surface area contributed by atoms with Crippen molar-refractivity contribution in [3.63, 3.8) is 0 Å². The average Bonchev–Trinajstić information content (AvgIpc) is 2.61. The third-order valence-corrected chi connectivity index (χ3v) is 1.58. The van der Waals surface area contributed by atoms with Crippen LogP contribution in [0.2, 0.25) is 0 Å². The third-order valence-electron chi connectivity index (χ3n) is 1.58. The summed E-state index contributed by atoms with van der Waals surface area (Å²) in [6, 6.07) is 1.79. The number of aromatic nitrogens is 3. The van der Waals surface area contributed by atoms with Gasteiger partial charge in [-0.3, -0.25) is 0 Å². The second kappa shape index (κ2) is 2.37. The molecular formula is C7H8N4O. The molecule has 2 rings (SSSR count). The molecule has 0 fully saturated rings. The van der Waals surface area contributed by atoms with Crippen molar-refractivity contribution in [2.75, 3.05) is 5.73 Å². The SMILES string of the molecule is Cn1nc(-c2ccoc2)nc1N. The number of nitrogens with zero attached hydrogens (tertiary/aromatic N) is 3. The lowest BCUT2D eigenvalue weighted by Crippen LogP contribution is -1.97. The predicted molar refractivity (Wildman–Crippen MR) is 43.1 cm³/mol. The van der Waals surface area contributed by atoms with E-state index < -0.39 is 0 Å². The molecule has 12 heavy (non-hydrogen) atoms. The third kappa shape index (κ3) is 0.952. The van der Waals surface area contributed by atoms with Gasteiger partial charge in [-0.2, -0.15) is 4.98 Å². The molecule has 2 N–H and O–H groups in total. The fourth-order valence-corrected chi connectivity index (χ4v) is 0.911. The van der Waals surface area contributed by atoms with E-state index in [1.54, 1.807) is 25.6 Å².